The lowest BCUT2D eigenvalue weighted by Gasteiger charge is -2.23. The Morgan fingerprint density at radius 3 is 2.30 bits per heavy atom. The van der Waals surface area contributed by atoms with Crippen molar-refractivity contribution in [2.24, 2.45) is 0 Å². The van der Waals surface area contributed by atoms with Gasteiger partial charge in [-0.05, 0) is 59.4 Å². The van der Waals surface area contributed by atoms with Crippen molar-refractivity contribution in [1.82, 2.24) is 4.90 Å². The van der Waals surface area contributed by atoms with E-state index in [1.807, 2.05) is 49.4 Å². The van der Waals surface area contributed by atoms with Gasteiger partial charge < -0.3 is 9.47 Å². The number of amides is 1. The fraction of sp³-hybridized carbons (Fsp3) is 0.233. The minimum absolute atomic E-state index is 0.00462. The second kappa shape index (κ2) is 10.9. The molecule has 5 nitrogen and oxygen atoms in total. The van der Waals surface area contributed by atoms with Crippen LogP contribution in [0.1, 0.15) is 60.8 Å². The lowest BCUT2D eigenvalue weighted by Crippen LogP contribution is -2.30. The second-order valence-corrected chi connectivity index (χ2v) is 11.4. The van der Waals surface area contributed by atoms with Crippen LogP contribution in [0.3, 0.4) is 0 Å². The van der Waals surface area contributed by atoms with E-state index in [0.29, 0.717) is 26.3 Å². The number of methoxy groups -OCH3 is 1. The van der Waals surface area contributed by atoms with E-state index >= 15 is 0 Å². The van der Waals surface area contributed by atoms with Gasteiger partial charge in [-0.3, -0.25) is 9.69 Å². The molecule has 0 aliphatic carbocycles. The summed E-state index contributed by atoms with van der Waals surface area (Å²) in [5.74, 6) is 0.0816. The van der Waals surface area contributed by atoms with Gasteiger partial charge in [-0.1, -0.05) is 93.3 Å². The minimum Gasteiger partial charge on any atom is -0.493 e. The van der Waals surface area contributed by atoms with Crippen molar-refractivity contribution in [3.8, 4) is 11.5 Å². The SMILES string of the molecule is COc1cc(/C=C2/SC(=S)N([C@H](C)c3ccccc3)C2=O)ccc1OC(=O)c1ccc(C(C)(C)C)cc1. The van der Waals surface area contributed by atoms with Crippen molar-refractivity contribution in [2.45, 2.75) is 39.2 Å². The van der Waals surface area contributed by atoms with Crippen LogP contribution >= 0.6 is 24.0 Å². The van der Waals surface area contributed by atoms with Gasteiger partial charge in [-0.25, -0.2) is 4.79 Å². The van der Waals surface area contributed by atoms with Gasteiger partial charge in [0, 0.05) is 0 Å². The maximum Gasteiger partial charge on any atom is 0.343 e. The quantitative estimate of drug-likeness (QED) is 0.145. The topological polar surface area (TPSA) is 55.8 Å². The first-order valence-electron chi connectivity index (χ1n) is 11.9. The van der Waals surface area contributed by atoms with Crippen LogP contribution in [0.15, 0.2) is 77.7 Å². The highest BCUT2D eigenvalue weighted by atomic mass is 32.2. The van der Waals surface area contributed by atoms with E-state index in [9.17, 15) is 9.59 Å². The van der Waals surface area contributed by atoms with Gasteiger partial charge in [0.2, 0.25) is 0 Å². The minimum atomic E-state index is -0.470. The van der Waals surface area contributed by atoms with Crippen LogP contribution in [0.25, 0.3) is 6.08 Å². The highest BCUT2D eigenvalue weighted by Gasteiger charge is 2.36. The molecule has 1 atom stereocenters. The maximum absolute atomic E-state index is 13.2. The van der Waals surface area contributed by atoms with E-state index in [4.69, 9.17) is 21.7 Å². The number of carbonyl (C=O) groups excluding carboxylic acids is 2. The molecular formula is C30H29NO4S2. The Hall–Kier alpha value is -3.42. The van der Waals surface area contributed by atoms with Crippen molar-refractivity contribution in [3.05, 3.63) is 100.0 Å². The predicted molar refractivity (Wildman–Crippen MR) is 153 cm³/mol. The molecule has 7 heteroatoms. The summed E-state index contributed by atoms with van der Waals surface area (Å²) < 4.78 is 11.6. The molecule has 0 aromatic heterocycles. The number of hydrogen-bond acceptors (Lipinski definition) is 6. The van der Waals surface area contributed by atoms with Gasteiger partial charge in [-0.2, -0.15) is 0 Å². The van der Waals surface area contributed by atoms with Crippen LogP contribution < -0.4 is 9.47 Å². The van der Waals surface area contributed by atoms with Gasteiger partial charge >= 0.3 is 5.97 Å². The van der Waals surface area contributed by atoms with Crippen molar-refractivity contribution in [1.29, 1.82) is 0 Å². The molecule has 3 aromatic rings. The van der Waals surface area contributed by atoms with Crippen LogP contribution in [0, 0.1) is 0 Å². The summed E-state index contributed by atoms with van der Waals surface area (Å²) >= 11 is 6.79. The van der Waals surface area contributed by atoms with Gasteiger partial charge in [0.05, 0.1) is 23.6 Å². The fourth-order valence-electron chi connectivity index (χ4n) is 3.97. The molecule has 4 rings (SSSR count). The lowest BCUT2D eigenvalue weighted by atomic mass is 9.87. The predicted octanol–water partition coefficient (Wildman–Crippen LogP) is 7.17. The summed E-state index contributed by atoms with van der Waals surface area (Å²) in [5, 5.41) is 0. The molecule has 37 heavy (non-hydrogen) atoms. The summed E-state index contributed by atoms with van der Waals surface area (Å²) in [6, 6.07) is 22.2. The average Bonchev–Trinajstić information content (AvgIpc) is 3.16. The molecule has 1 aliphatic rings. The van der Waals surface area contributed by atoms with E-state index in [1.54, 1.807) is 41.3 Å². The smallest absolute Gasteiger partial charge is 0.343 e. The first-order chi connectivity index (χ1) is 17.6. The number of thiocarbonyl (C=S) groups is 1. The molecular weight excluding hydrogens is 502 g/mol. The maximum atomic E-state index is 13.2. The Labute approximate surface area is 227 Å². The third kappa shape index (κ3) is 5.95. The molecule has 0 saturated carbocycles. The summed E-state index contributed by atoms with van der Waals surface area (Å²) in [4.78, 5) is 28.1. The first-order valence-corrected chi connectivity index (χ1v) is 13.1. The molecule has 1 aliphatic heterocycles. The molecule has 1 amide bonds. The molecule has 1 heterocycles. The standard InChI is InChI=1S/C30H29NO4S2/c1-19(21-9-7-6-8-10-21)31-27(32)26(37-29(31)36)18-20-11-16-24(25(17-20)34-5)35-28(33)22-12-14-23(15-13-22)30(2,3)4/h6-19H,1-5H3/b26-18+/t19-/m1/s1. The second-order valence-electron chi connectivity index (χ2n) is 9.77. The van der Waals surface area contributed by atoms with Crippen LogP contribution in [-0.2, 0) is 10.2 Å². The molecule has 0 radical (unpaired) electrons. The Bertz CT molecular complexity index is 1360. The number of thioether (sulfide) groups is 1. The summed E-state index contributed by atoms with van der Waals surface area (Å²) in [6.07, 6.45) is 1.77. The van der Waals surface area contributed by atoms with Crippen molar-refractivity contribution < 1.29 is 19.1 Å². The van der Waals surface area contributed by atoms with E-state index < -0.39 is 5.97 Å². The molecule has 0 bridgehead atoms. The molecule has 1 saturated heterocycles. The Kier molecular flexibility index (Phi) is 7.85. The zero-order valence-electron chi connectivity index (χ0n) is 21.5. The molecule has 190 valence electrons. The summed E-state index contributed by atoms with van der Waals surface area (Å²) in [5.41, 5.74) is 3.33. The van der Waals surface area contributed by atoms with E-state index in [0.717, 1.165) is 16.7 Å². The van der Waals surface area contributed by atoms with Crippen molar-refractivity contribution in [3.63, 3.8) is 0 Å². The molecule has 1 fully saturated rings. The third-order valence-corrected chi connectivity index (χ3v) is 7.50. The van der Waals surface area contributed by atoms with Gasteiger partial charge in [0.25, 0.3) is 5.91 Å². The zero-order valence-corrected chi connectivity index (χ0v) is 23.1. The highest BCUT2D eigenvalue weighted by Crippen LogP contribution is 2.39. The van der Waals surface area contributed by atoms with Gasteiger partial charge in [-0.15, -0.1) is 0 Å². The fourth-order valence-corrected chi connectivity index (χ4v) is 5.39. The van der Waals surface area contributed by atoms with Crippen molar-refractivity contribution in [2.75, 3.05) is 7.11 Å². The van der Waals surface area contributed by atoms with E-state index in [1.165, 1.54) is 18.9 Å². The van der Waals surface area contributed by atoms with Crippen molar-refractivity contribution >= 4 is 46.3 Å². The zero-order chi connectivity index (χ0) is 26.7. The molecule has 0 N–H and O–H groups in total. The van der Waals surface area contributed by atoms with Crippen LogP contribution in [-0.4, -0.2) is 28.2 Å². The van der Waals surface area contributed by atoms with E-state index in [2.05, 4.69) is 20.8 Å². The van der Waals surface area contributed by atoms with Crippen LogP contribution in [0.2, 0.25) is 0 Å². The summed E-state index contributed by atoms with van der Waals surface area (Å²) in [6.45, 7) is 8.32. The number of benzene rings is 3. The monoisotopic (exact) mass is 531 g/mol. The van der Waals surface area contributed by atoms with Crippen LogP contribution in [0.5, 0.6) is 11.5 Å². The van der Waals surface area contributed by atoms with E-state index in [-0.39, 0.29) is 17.4 Å². The Balaban J connectivity index is 1.51. The highest BCUT2D eigenvalue weighted by molar-refractivity contribution is 8.26. The first kappa shape index (κ1) is 26.6. The average molecular weight is 532 g/mol. The van der Waals surface area contributed by atoms with Gasteiger partial charge in [0.1, 0.15) is 4.32 Å². The Morgan fingerprint density at radius 2 is 1.68 bits per heavy atom. The largest absolute Gasteiger partial charge is 0.493 e. The lowest BCUT2D eigenvalue weighted by molar-refractivity contribution is -0.123. The number of esters is 1. The third-order valence-electron chi connectivity index (χ3n) is 6.17. The number of rotatable bonds is 6. The Morgan fingerprint density at radius 1 is 1.00 bits per heavy atom. The number of hydrogen-bond donors (Lipinski definition) is 0. The number of carbonyl (C=O) groups is 2. The molecule has 0 spiro atoms. The normalized spacial score (nSPS) is 15.7. The molecule has 0 unspecified atom stereocenters. The number of nitrogens with zero attached hydrogens (tertiary/aromatic N) is 1. The van der Waals surface area contributed by atoms with Gasteiger partial charge in [0.15, 0.2) is 11.5 Å². The summed E-state index contributed by atoms with van der Waals surface area (Å²) in [7, 11) is 1.51. The molecule has 3 aromatic carbocycles. The number of ether oxygens (including phenoxy) is 2. The van der Waals surface area contributed by atoms with Crippen LogP contribution in [0.4, 0.5) is 0 Å².